The van der Waals surface area contributed by atoms with Crippen molar-refractivity contribution in [1.29, 1.82) is 0 Å². The Morgan fingerprint density at radius 1 is 1.35 bits per heavy atom. The lowest BCUT2D eigenvalue weighted by atomic mass is 10.2. The van der Waals surface area contributed by atoms with Crippen LogP contribution in [0.5, 0.6) is 0 Å². The van der Waals surface area contributed by atoms with Gasteiger partial charge in [0, 0.05) is 19.3 Å². The quantitative estimate of drug-likeness (QED) is 0.783. The Hall–Kier alpha value is -2.36. The smallest absolute Gasteiger partial charge is 0.257 e. The van der Waals surface area contributed by atoms with E-state index in [1.807, 2.05) is 44.2 Å². The summed E-state index contributed by atoms with van der Waals surface area (Å²) >= 11 is 0. The number of para-hydroxylation sites is 1. The molecule has 20 heavy (non-hydrogen) atoms. The summed E-state index contributed by atoms with van der Waals surface area (Å²) in [4.78, 5) is 14.1. The number of likely N-dealkylation sites (N-methyl/N-ethyl adjacent to an activating group) is 1. The van der Waals surface area contributed by atoms with Gasteiger partial charge in [-0.2, -0.15) is 5.10 Å². The molecule has 4 nitrogen and oxygen atoms in total. The van der Waals surface area contributed by atoms with Gasteiger partial charge in [0.05, 0.1) is 17.4 Å². The molecule has 1 heterocycles. The average molecular weight is 269 g/mol. The Balaban J connectivity index is 2.20. The molecule has 0 fully saturated rings. The predicted molar refractivity (Wildman–Crippen MR) is 80.0 cm³/mol. The van der Waals surface area contributed by atoms with Crippen LogP contribution in [0, 0.1) is 0 Å². The Morgan fingerprint density at radius 2 is 2.05 bits per heavy atom. The Kier molecular flexibility index (Phi) is 4.35. The van der Waals surface area contributed by atoms with E-state index >= 15 is 0 Å². The standard InChI is InChI=1S/C16H19N3O/c1-4-18(11-13(2)3)16(20)14-10-17-19(12-14)15-8-6-5-7-9-15/h5-10,12H,2,4,11H2,1,3H3. The molecule has 0 spiro atoms. The summed E-state index contributed by atoms with van der Waals surface area (Å²) in [5.41, 5.74) is 2.50. The van der Waals surface area contributed by atoms with Gasteiger partial charge in [-0.25, -0.2) is 4.68 Å². The summed E-state index contributed by atoms with van der Waals surface area (Å²) in [5, 5.41) is 4.25. The first-order valence-corrected chi connectivity index (χ1v) is 6.65. The number of hydrogen-bond donors (Lipinski definition) is 0. The van der Waals surface area contributed by atoms with Gasteiger partial charge in [0.25, 0.3) is 5.91 Å². The van der Waals surface area contributed by atoms with Crippen molar-refractivity contribution in [2.45, 2.75) is 13.8 Å². The van der Waals surface area contributed by atoms with Gasteiger partial charge in [0.1, 0.15) is 0 Å². The minimum atomic E-state index is -0.0160. The third-order valence-electron chi connectivity index (χ3n) is 2.98. The minimum absolute atomic E-state index is 0.0160. The highest BCUT2D eigenvalue weighted by molar-refractivity contribution is 5.94. The van der Waals surface area contributed by atoms with Crippen molar-refractivity contribution in [2.75, 3.05) is 13.1 Å². The first-order valence-electron chi connectivity index (χ1n) is 6.65. The summed E-state index contributed by atoms with van der Waals surface area (Å²) in [6, 6.07) is 9.74. The minimum Gasteiger partial charge on any atom is -0.335 e. The number of amides is 1. The summed E-state index contributed by atoms with van der Waals surface area (Å²) in [6.07, 6.45) is 3.37. The van der Waals surface area contributed by atoms with Crippen LogP contribution in [0.2, 0.25) is 0 Å². The SMILES string of the molecule is C=C(C)CN(CC)C(=O)c1cnn(-c2ccccc2)c1. The first kappa shape index (κ1) is 14.1. The summed E-state index contributed by atoms with van der Waals surface area (Å²) in [7, 11) is 0. The van der Waals surface area contributed by atoms with Gasteiger partial charge < -0.3 is 4.90 Å². The van der Waals surface area contributed by atoms with Crippen molar-refractivity contribution < 1.29 is 4.79 Å². The maximum Gasteiger partial charge on any atom is 0.257 e. The largest absolute Gasteiger partial charge is 0.335 e. The van der Waals surface area contributed by atoms with Gasteiger partial charge in [-0.3, -0.25) is 4.79 Å². The number of carbonyl (C=O) groups excluding carboxylic acids is 1. The van der Waals surface area contributed by atoms with Gasteiger partial charge in [0.2, 0.25) is 0 Å². The maximum atomic E-state index is 12.4. The van der Waals surface area contributed by atoms with Gasteiger partial charge >= 0.3 is 0 Å². The van der Waals surface area contributed by atoms with E-state index in [1.54, 1.807) is 22.0 Å². The zero-order valence-corrected chi connectivity index (χ0v) is 11.9. The van der Waals surface area contributed by atoms with Gasteiger partial charge in [-0.15, -0.1) is 0 Å². The monoisotopic (exact) mass is 269 g/mol. The molecule has 1 amide bonds. The van der Waals surface area contributed by atoms with Gasteiger partial charge in [0.15, 0.2) is 0 Å². The molecule has 1 aromatic heterocycles. The molecule has 104 valence electrons. The lowest BCUT2D eigenvalue weighted by molar-refractivity contribution is 0.0778. The third kappa shape index (κ3) is 3.15. The Bertz CT molecular complexity index is 601. The highest BCUT2D eigenvalue weighted by Gasteiger charge is 2.16. The van der Waals surface area contributed by atoms with Crippen molar-refractivity contribution in [1.82, 2.24) is 14.7 Å². The maximum absolute atomic E-state index is 12.4. The van der Waals surface area contributed by atoms with Crippen molar-refractivity contribution >= 4 is 5.91 Å². The number of benzene rings is 1. The number of aromatic nitrogens is 2. The molecule has 0 N–H and O–H groups in total. The van der Waals surface area contributed by atoms with Crippen molar-refractivity contribution in [3.63, 3.8) is 0 Å². The number of carbonyl (C=O) groups is 1. The van der Waals surface area contributed by atoms with E-state index in [0.717, 1.165) is 11.3 Å². The molecule has 0 saturated carbocycles. The van der Waals surface area contributed by atoms with Crippen LogP contribution in [0.25, 0.3) is 5.69 Å². The molecule has 0 saturated heterocycles. The van der Waals surface area contributed by atoms with Gasteiger partial charge in [-0.05, 0) is 26.0 Å². The van der Waals surface area contributed by atoms with Crippen molar-refractivity contribution in [2.24, 2.45) is 0 Å². The van der Waals surface area contributed by atoms with Crippen LogP contribution in [0.15, 0.2) is 54.9 Å². The zero-order chi connectivity index (χ0) is 14.5. The normalized spacial score (nSPS) is 10.3. The second-order valence-electron chi connectivity index (χ2n) is 4.79. The summed E-state index contributed by atoms with van der Waals surface area (Å²) < 4.78 is 1.71. The number of nitrogens with zero attached hydrogens (tertiary/aromatic N) is 3. The Labute approximate surface area is 119 Å². The van der Waals surface area contributed by atoms with Crippen LogP contribution in [0.1, 0.15) is 24.2 Å². The molecule has 1 aromatic carbocycles. The third-order valence-corrected chi connectivity index (χ3v) is 2.98. The van der Waals surface area contributed by atoms with Crippen LogP contribution in [0.4, 0.5) is 0 Å². The van der Waals surface area contributed by atoms with Crippen LogP contribution >= 0.6 is 0 Å². The van der Waals surface area contributed by atoms with E-state index < -0.39 is 0 Å². The molecule has 0 unspecified atom stereocenters. The molecule has 0 radical (unpaired) electrons. The molecule has 4 heteroatoms. The second kappa shape index (κ2) is 6.19. The van der Waals surface area contributed by atoms with Crippen molar-refractivity contribution in [3.8, 4) is 5.69 Å². The lowest BCUT2D eigenvalue weighted by Gasteiger charge is -2.19. The predicted octanol–water partition coefficient (Wildman–Crippen LogP) is 2.91. The fourth-order valence-electron chi connectivity index (χ4n) is 1.99. The molecule has 0 aliphatic heterocycles. The number of rotatable bonds is 5. The zero-order valence-electron chi connectivity index (χ0n) is 11.9. The topological polar surface area (TPSA) is 38.1 Å². The highest BCUT2D eigenvalue weighted by atomic mass is 16.2. The second-order valence-corrected chi connectivity index (χ2v) is 4.79. The summed E-state index contributed by atoms with van der Waals surface area (Å²) in [5.74, 6) is -0.0160. The molecule has 0 aliphatic carbocycles. The van der Waals surface area contributed by atoms with Crippen LogP contribution < -0.4 is 0 Å². The van der Waals surface area contributed by atoms with E-state index in [4.69, 9.17) is 0 Å². The molecular formula is C16H19N3O. The molecule has 0 atom stereocenters. The van der Waals surface area contributed by atoms with Crippen molar-refractivity contribution in [3.05, 3.63) is 60.4 Å². The molecule has 2 rings (SSSR count). The fourth-order valence-corrected chi connectivity index (χ4v) is 1.99. The van der Waals surface area contributed by atoms with E-state index in [-0.39, 0.29) is 5.91 Å². The Morgan fingerprint density at radius 3 is 2.65 bits per heavy atom. The average Bonchev–Trinajstić information content (AvgIpc) is 2.94. The summed E-state index contributed by atoms with van der Waals surface area (Å²) in [6.45, 7) is 8.97. The van der Waals surface area contributed by atoms with Crippen LogP contribution in [0.3, 0.4) is 0 Å². The first-order chi connectivity index (χ1) is 9.61. The molecule has 0 bridgehead atoms. The van der Waals surface area contributed by atoms with Gasteiger partial charge in [-0.1, -0.05) is 30.4 Å². The fraction of sp³-hybridized carbons (Fsp3) is 0.250. The van der Waals surface area contributed by atoms with E-state index in [9.17, 15) is 4.79 Å². The van der Waals surface area contributed by atoms with E-state index in [1.165, 1.54) is 0 Å². The van der Waals surface area contributed by atoms with E-state index in [0.29, 0.717) is 18.7 Å². The lowest BCUT2D eigenvalue weighted by Crippen LogP contribution is -2.31. The van der Waals surface area contributed by atoms with Crippen LogP contribution in [-0.2, 0) is 0 Å². The van der Waals surface area contributed by atoms with Crippen LogP contribution in [-0.4, -0.2) is 33.7 Å². The molecule has 0 aliphatic rings. The van der Waals surface area contributed by atoms with E-state index in [2.05, 4.69) is 11.7 Å². The molecule has 2 aromatic rings. The number of hydrogen-bond acceptors (Lipinski definition) is 2. The molecular weight excluding hydrogens is 250 g/mol. The highest BCUT2D eigenvalue weighted by Crippen LogP contribution is 2.10.